The Morgan fingerprint density at radius 1 is 1.50 bits per heavy atom. The van der Waals surface area contributed by atoms with E-state index in [0.29, 0.717) is 0 Å². The van der Waals surface area contributed by atoms with E-state index in [9.17, 15) is 0 Å². The van der Waals surface area contributed by atoms with E-state index in [-0.39, 0.29) is 6.04 Å². The molecule has 0 saturated heterocycles. The summed E-state index contributed by atoms with van der Waals surface area (Å²) in [5.74, 6) is 0.754. The molecule has 18 heavy (non-hydrogen) atoms. The third-order valence-electron chi connectivity index (χ3n) is 2.73. The Labute approximate surface area is 114 Å². The second-order valence-corrected chi connectivity index (χ2v) is 4.78. The second-order valence-electron chi connectivity index (χ2n) is 3.92. The summed E-state index contributed by atoms with van der Waals surface area (Å²) in [5, 5.41) is 8.15. The molecule has 1 unspecified atom stereocenters. The van der Waals surface area contributed by atoms with Gasteiger partial charge in [0.2, 0.25) is 0 Å². The van der Waals surface area contributed by atoms with Gasteiger partial charge < -0.3 is 10.5 Å². The fourth-order valence-corrected chi connectivity index (χ4v) is 1.98. The van der Waals surface area contributed by atoms with Gasteiger partial charge in [-0.1, -0.05) is 12.1 Å². The number of hydrogen-bond acceptors (Lipinski definition) is 4. The molecule has 0 aliphatic rings. The Balaban J connectivity index is 2.34. The van der Waals surface area contributed by atoms with Crippen molar-refractivity contribution in [2.45, 2.75) is 19.4 Å². The van der Waals surface area contributed by atoms with E-state index >= 15 is 0 Å². The van der Waals surface area contributed by atoms with Crippen LogP contribution >= 0.6 is 15.9 Å². The van der Waals surface area contributed by atoms with E-state index in [2.05, 4.69) is 26.2 Å². The molecule has 1 atom stereocenters. The topological polar surface area (TPSA) is 66.0 Å². The number of halogens is 1. The molecule has 1 heterocycles. The van der Waals surface area contributed by atoms with Gasteiger partial charge >= 0.3 is 0 Å². The molecule has 0 amide bonds. The summed E-state index contributed by atoms with van der Waals surface area (Å²) < 4.78 is 7.85. The van der Waals surface area contributed by atoms with Crippen LogP contribution in [-0.2, 0) is 0 Å². The smallest absolute Gasteiger partial charge is 0.135 e. The quantitative estimate of drug-likeness (QED) is 0.942. The summed E-state index contributed by atoms with van der Waals surface area (Å²) in [6.07, 6.45) is 2.68. The van der Waals surface area contributed by atoms with Crippen molar-refractivity contribution < 1.29 is 4.74 Å². The maximum absolute atomic E-state index is 5.92. The number of aromatic nitrogens is 3. The van der Waals surface area contributed by atoms with Crippen molar-refractivity contribution in [2.24, 2.45) is 5.73 Å². The van der Waals surface area contributed by atoms with Gasteiger partial charge in [-0.25, -0.2) is 4.68 Å². The highest BCUT2D eigenvalue weighted by Gasteiger charge is 2.10. The highest BCUT2D eigenvalue weighted by molar-refractivity contribution is 9.10. The molecule has 0 spiro atoms. The second kappa shape index (κ2) is 5.49. The van der Waals surface area contributed by atoms with Crippen LogP contribution in [0.5, 0.6) is 5.75 Å². The van der Waals surface area contributed by atoms with Gasteiger partial charge in [-0.05, 0) is 34.5 Å². The highest BCUT2D eigenvalue weighted by Crippen LogP contribution is 2.27. The number of rotatable bonds is 4. The summed E-state index contributed by atoms with van der Waals surface area (Å²) in [7, 11) is 1.63. The molecule has 1 aromatic carbocycles. The predicted molar refractivity (Wildman–Crippen MR) is 72.8 cm³/mol. The molecule has 96 valence electrons. The minimum atomic E-state index is -0.0731. The first kappa shape index (κ1) is 13.0. The molecule has 0 saturated carbocycles. The molecule has 0 aliphatic carbocycles. The highest BCUT2D eigenvalue weighted by atomic mass is 79.9. The number of hydrogen-bond donors (Lipinski definition) is 1. The lowest BCUT2D eigenvalue weighted by atomic mass is 10.2. The molecular weight excluding hydrogens is 296 g/mol. The van der Waals surface area contributed by atoms with Crippen LogP contribution in [0.1, 0.15) is 25.1 Å². The molecule has 6 heteroatoms. The zero-order chi connectivity index (χ0) is 13.1. The van der Waals surface area contributed by atoms with Crippen molar-refractivity contribution in [1.29, 1.82) is 0 Å². The van der Waals surface area contributed by atoms with Crippen LogP contribution in [0.15, 0.2) is 28.9 Å². The van der Waals surface area contributed by atoms with E-state index in [0.717, 1.165) is 28.0 Å². The normalized spacial score (nSPS) is 12.4. The number of ether oxygens (including phenoxy) is 1. The van der Waals surface area contributed by atoms with Crippen LogP contribution in [0.4, 0.5) is 0 Å². The first-order chi connectivity index (χ1) is 8.65. The van der Waals surface area contributed by atoms with Gasteiger partial charge in [0.15, 0.2) is 0 Å². The zero-order valence-corrected chi connectivity index (χ0v) is 11.9. The van der Waals surface area contributed by atoms with Crippen molar-refractivity contribution in [3.05, 3.63) is 34.6 Å². The molecule has 0 bridgehead atoms. The standard InChI is InChI=1S/C12H15BrN4O/c1-3-10(14)11-7-17(16-15-11)8-4-5-9(13)12(6-8)18-2/h4-7,10H,3,14H2,1-2H3. The van der Waals surface area contributed by atoms with Crippen molar-refractivity contribution >= 4 is 15.9 Å². The summed E-state index contributed by atoms with van der Waals surface area (Å²) >= 11 is 3.41. The average molecular weight is 311 g/mol. The van der Waals surface area contributed by atoms with Crippen LogP contribution in [0.2, 0.25) is 0 Å². The first-order valence-corrected chi connectivity index (χ1v) is 6.46. The lowest BCUT2D eigenvalue weighted by Gasteiger charge is -2.06. The SMILES string of the molecule is CCC(N)c1cn(-c2ccc(Br)c(OC)c2)nn1. The Morgan fingerprint density at radius 2 is 2.28 bits per heavy atom. The maximum Gasteiger partial charge on any atom is 0.135 e. The van der Waals surface area contributed by atoms with Crippen molar-refractivity contribution in [1.82, 2.24) is 15.0 Å². The van der Waals surface area contributed by atoms with E-state index in [1.807, 2.05) is 31.3 Å². The van der Waals surface area contributed by atoms with Gasteiger partial charge in [-0.2, -0.15) is 0 Å². The van der Waals surface area contributed by atoms with E-state index < -0.39 is 0 Å². The Kier molecular flexibility index (Phi) is 3.98. The first-order valence-electron chi connectivity index (χ1n) is 5.67. The van der Waals surface area contributed by atoms with Crippen molar-refractivity contribution in [2.75, 3.05) is 7.11 Å². The summed E-state index contributed by atoms with van der Waals surface area (Å²) in [6.45, 7) is 2.02. The van der Waals surface area contributed by atoms with Crippen LogP contribution in [0.3, 0.4) is 0 Å². The molecule has 0 fully saturated rings. The molecule has 2 N–H and O–H groups in total. The minimum Gasteiger partial charge on any atom is -0.495 e. The van der Waals surface area contributed by atoms with Crippen molar-refractivity contribution in [3.8, 4) is 11.4 Å². The molecular formula is C12H15BrN4O. The van der Waals surface area contributed by atoms with Gasteiger partial charge in [-0.15, -0.1) is 5.10 Å². The Bertz CT molecular complexity index is 541. The number of methoxy groups -OCH3 is 1. The molecule has 2 rings (SSSR count). The van der Waals surface area contributed by atoms with Gasteiger partial charge in [-0.3, -0.25) is 0 Å². The summed E-state index contributed by atoms with van der Waals surface area (Å²) in [5.41, 5.74) is 7.60. The fourth-order valence-electron chi connectivity index (χ4n) is 1.57. The van der Waals surface area contributed by atoms with Crippen LogP contribution in [-0.4, -0.2) is 22.1 Å². The average Bonchev–Trinajstić information content (AvgIpc) is 2.88. The van der Waals surface area contributed by atoms with Crippen LogP contribution in [0.25, 0.3) is 5.69 Å². The minimum absolute atomic E-state index is 0.0731. The summed E-state index contributed by atoms with van der Waals surface area (Å²) in [4.78, 5) is 0. The molecule has 0 radical (unpaired) electrons. The lowest BCUT2D eigenvalue weighted by molar-refractivity contribution is 0.412. The third kappa shape index (κ3) is 2.54. The van der Waals surface area contributed by atoms with E-state index in [4.69, 9.17) is 10.5 Å². The van der Waals surface area contributed by atoms with E-state index in [1.54, 1.807) is 11.8 Å². The van der Waals surface area contributed by atoms with E-state index in [1.165, 1.54) is 0 Å². The maximum atomic E-state index is 5.92. The summed E-state index contributed by atoms with van der Waals surface area (Å²) in [6, 6.07) is 5.66. The monoisotopic (exact) mass is 310 g/mol. The Morgan fingerprint density at radius 3 is 2.94 bits per heavy atom. The van der Waals surface area contributed by atoms with Gasteiger partial charge in [0.25, 0.3) is 0 Å². The van der Waals surface area contributed by atoms with Gasteiger partial charge in [0.1, 0.15) is 5.75 Å². The number of nitrogens with zero attached hydrogens (tertiary/aromatic N) is 3. The Hall–Kier alpha value is -1.40. The molecule has 2 aromatic rings. The molecule has 1 aromatic heterocycles. The van der Waals surface area contributed by atoms with Gasteiger partial charge in [0, 0.05) is 6.07 Å². The third-order valence-corrected chi connectivity index (χ3v) is 3.39. The number of nitrogens with two attached hydrogens (primary N) is 1. The zero-order valence-electron chi connectivity index (χ0n) is 10.3. The van der Waals surface area contributed by atoms with Crippen LogP contribution in [0, 0.1) is 0 Å². The predicted octanol–water partition coefficient (Wildman–Crippen LogP) is 2.45. The largest absolute Gasteiger partial charge is 0.495 e. The number of benzene rings is 1. The molecule has 0 aliphatic heterocycles. The molecule has 5 nitrogen and oxygen atoms in total. The van der Waals surface area contributed by atoms with Gasteiger partial charge in [0.05, 0.1) is 35.2 Å². The fraction of sp³-hybridized carbons (Fsp3) is 0.333. The van der Waals surface area contributed by atoms with Crippen LogP contribution < -0.4 is 10.5 Å². The lowest BCUT2D eigenvalue weighted by Crippen LogP contribution is -2.08. The van der Waals surface area contributed by atoms with Crippen molar-refractivity contribution in [3.63, 3.8) is 0 Å².